The Labute approximate surface area is 194 Å². The van der Waals surface area contributed by atoms with Gasteiger partial charge in [-0.25, -0.2) is 18.6 Å². The van der Waals surface area contributed by atoms with Crippen LogP contribution in [0.1, 0.15) is 28.7 Å². The standard InChI is InChI=1S/C21H25ClF2N6O3/c1-11-5-17-13(10-29(11)21(32)25-18-6-14(22)15(23)7-16(18)24)19-20(31)28(4)33-12(8-27(2)3)9-30(19)26-17/h6-7,11-12H,5,8-10H2,1-4H3,(H,25,32)/t11-,12?/m1/s1. The fourth-order valence-electron chi connectivity index (χ4n) is 4.19. The number of nitrogens with zero attached hydrogens (tertiary/aromatic N) is 5. The maximum Gasteiger partial charge on any atom is 0.322 e. The molecule has 2 aliphatic rings. The lowest BCUT2D eigenvalue weighted by molar-refractivity contribution is -0.152. The highest BCUT2D eigenvalue weighted by atomic mass is 35.5. The molecule has 0 saturated heterocycles. The van der Waals surface area contributed by atoms with Crippen LogP contribution in [-0.4, -0.2) is 76.4 Å². The van der Waals surface area contributed by atoms with E-state index in [0.717, 1.165) is 11.8 Å². The molecular formula is C21H25ClF2N6O3. The maximum absolute atomic E-state index is 14.1. The Morgan fingerprint density at radius 1 is 1.33 bits per heavy atom. The molecule has 4 rings (SSSR count). The second kappa shape index (κ2) is 8.88. The number of benzene rings is 1. The molecular weight excluding hydrogens is 458 g/mol. The van der Waals surface area contributed by atoms with Gasteiger partial charge in [-0.05, 0) is 27.1 Å². The number of aromatic nitrogens is 2. The van der Waals surface area contributed by atoms with Crippen molar-refractivity contribution in [2.45, 2.75) is 38.6 Å². The van der Waals surface area contributed by atoms with Gasteiger partial charge in [0.2, 0.25) is 0 Å². The third-order valence-corrected chi connectivity index (χ3v) is 6.03. The van der Waals surface area contributed by atoms with Gasteiger partial charge in [-0.2, -0.15) is 5.10 Å². The van der Waals surface area contributed by atoms with Gasteiger partial charge in [0, 0.05) is 37.7 Å². The summed E-state index contributed by atoms with van der Waals surface area (Å²) in [6.07, 6.45) is 0.144. The molecule has 0 bridgehead atoms. The number of urea groups is 1. The second-order valence-electron chi connectivity index (χ2n) is 8.61. The minimum absolute atomic E-state index is 0.103. The Kier molecular flexibility index (Phi) is 6.30. The van der Waals surface area contributed by atoms with E-state index in [4.69, 9.17) is 16.4 Å². The van der Waals surface area contributed by atoms with Gasteiger partial charge in [0.1, 0.15) is 23.4 Å². The highest BCUT2D eigenvalue weighted by Crippen LogP contribution is 2.30. The zero-order chi connectivity index (χ0) is 24.0. The van der Waals surface area contributed by atoms with Crippen molar-refractivity contribution >= 4 is 29.2 Å². The van der Waals surface area contributed by atoms with Crippen LogP contribution in [0.5, 0.6) is 0 Å². The van der Waals surface area contributed by atoms with Crippen molar-refractivity contribution in [2.24, 2.45) is 0 Å². The van der Waals surface area contributed by atoms with Crippen LogP contribution < -0.4 is 5.32 Å². The Morgan fingerprint density at radius 3 is 2.76 bits per heavy atom. The van der Waals surface area contributed by atoms with E-state index in [9.17, 15) is 18.4 Å². The molecule has 3 heterocycles. The number of carbonyl (C=O) groups excluding carboxylic acids is 2. The molecule has 12 heteroatoms. The molecule has 1 N–H and O–H groups in total. The van der Waals surface area contributed by atoms with Crippen molar-refractivity contribution in [3.63, 3.8) is 0 Å². The second-order valence-corrected chi connectivity index (χ2v) is 9.01. The van der Waals surface area contributed by atoms with Crippen molar-refractivity contribution in [2.75, 3.05) is 33.0 Å². The minimum atomic E-state index is -0.934. The van der Waals surface area contributed by atoms with Crippen LogP contribution in [0.4, 0.5) is 19.3 Å². The van der Waals surface area contributed by atoms with Crippen LogP contribution in [0.2, 0.25) is 5.02 Å². The summed E-state index contributed by atoms with van der Waals surface area (Å²) in [6, 6.07) is 0.783. The zero-order valence-electron chi connectivity index (χ0n) is 18.7. The Morgan fingerprint density at radius 2 is 2.06 bits per heavy atom. The lowest BCUT2D eigenvalue weighted by Crippen LogP contribution is -2.45. The fraction of sp³-hybridized carbons (Fsp3) is 0.476. The first-order valence-corrected chi connectivity index (χ1v) is 10.8. The van der Waals surface area contributed by atoms with Crippen LogP contribution in [0.25, 0.3) is 0 Å². The number of amides is 3. The predicted octanol–water partition coefficient (Wildman–Crippen LogP) is 2.74. The van der Waals surface area contributed by atoms with Gasteiger partial charge >= 0.3 is 6.03 Å². The van der Waals surface area contributed by atoms with Gasteiger partial charge in [-0.3, -0.25) is 14.3 Å². The molecule has 1 aromatic heterocycles. The molecule has 2 atom stereocenters. The molecule has 9 nitrogen and oxygen atoms in total. The third-order valence-electron chi connectivity index (χ3n) is 5.74. The van der Waals surface area contributed by atoms with Crippen molar-refractivity contribution in [1.29, 1.82) is 0 Å². The number of likely N-dealkylation sites (N-methyl/N-ethyl adjacent to an activating group) is 1. The Bertz CT molecular complexity index is 1110. The highest BCUT2D eigenvalue weighted by molar-refractivity contribution is 6.31. The first-order valence-electron chi connectivity index (χ1n) is 10.5. The summed E-state index contributed by atoms with van der Waals surface area (Å²) in [7, 11) is 5.39. The topological polar surface area (TPSA) is 82.9 Å². The summed E-state index contributed by atoms with van der Waals surface area (Å²) in [4.78, 5) is 35.3. The van der Waals surface area contributed by atoms with Crippen molar-refractivity contribution in [3.8, 4) is 0 Å². The molecule has 178 valence electrons. The number of fused-ring (bicyclic) bond motifs is 3. The third kappa shape index (κ3) is 4.53. The molecule has 0 saturated carbocycles. The smallest absolute Gasteiger partial charge is 0.317 e. The van der Waals surface area contributed by atoms with Crippen LogP contribution >= 0.6 is 11.6 Å². The zero-order valence-corrected chi connectivity index (χ0v) is 19.5. The van der Waals surface area contributed by atoms with Crippen molar-refractivity contribution in [3.05, 3.63) is 45.7 Å². The monoisotopic (exact) mass is 482 g/mol. The van der Waals surface area contributed by atoms with Gasteiger partial charge < -0.3 is 15.1 Å². The molecule has 3 amide bonds. The number of carbonyl (C=O) groups is 2. The molecule has 0 spiro atoms. The molecule has 33 heavy (non-hydrogen) atoms. The van der Waals surface area contributed by atoms with E-state index in [0.29, 0.717) is 36.8 Å². The Hall–Kier alpha value is -2.76. The molecule has 0 fully saturated rings. The van der Waals surface area contributed by atoms with E-state index in [-0.39, 0.29) is 35.3 Å². The average Bonchev–Trinajstić information content (AvgIpc) is 3.00. The van der Waals surface area contributed by atoms with Crippen molar-refractivity contribution in [1.82, 2.24) is 24.6 Å². The number of nitrogens with one attached hydrogen (secondary N) is 1. The van der Waals surface area contributed by atoms with E-state index in [1.807, 2.05) is 25.9 Å². The summed E-state index contributed by atoms with van der Waals surface area (Å²) in [5, 5.41) is 8.00. The number of halogens is 3. The summed E-state index contributed by atoms with van der Waals surface area (Å²) in [6.45, 7) is 2.92. The quantitative estimate of drug-likeness (QED) is 0.680. The molecule has 2 aromatic rings. The van der Waals surface area contributed by atoms with E-state index >= 15 is 0 Å². The average molecular weight is 483 g/mol. The van der Waals surface area contributed by atoms with E-state index < -0.39 is 17.7 Å². The SMILES string of the molecule is C[C@@H]1Cc2nn3c(c2CN1C(=O)Nc1cc(Cl)c(F)cc1F)C(=O)N(C)OC(CN(C)C)C3. The predicted molar refractivity (Wildman–Crippen MR) is 117 cm³/mol. The molecule has 1 unspecified atom stereocenters. The van der Waals surface area contributed by atoms with Crippen molar-refractivity contribution < 1.29 is 23.2 Å². The molecule has 0 aliphatic carbocycles. The summed E-state index contributed by atoms with van der Waals surface area (Å²) < 4.78 is 29.2. The molecule has 0 radical (unpaired) electrons. The van der Waals surface area contributed by atoms with Crippen LogP contribution in [0, 0.1) is 11.6 Å². The first kappa shape index (κ1) is 23.4. The lowest BCUT2D eigenvalue weighted by atomic mass is 9.99. The van der Waals surface area contributed by atoms with Gasteiger partial charge in [-0.15, -0.1) is 0 Å². The highest BCUT2D eigenvalue weighted by Gasteiger charge is 2.37. The number of hydroxylamine groups is 2. The van der Waals surface area contributed by atoms with E-state index in [1.54, 1.807) is 11.7 Å². The first-order chi connectivity index (χ1) is 15.5. The van der Waals surface area contributed by atoms with E-state index in [2.05, 4.69) is 10.4 Å². The van der Waals surface area contributed by atoms with Crippen LogP contribution in [-0.2, 0) is 24.3 Å². The van der Waals surface area contributed by atoms with E-state index in [1.165, 1.54) is 9.96 Å². The molecule has 1 aromatic carbocycles. The minimum Gasteiger partial charge on any atom is -0.317 e. The largest absolute Gasteiger partial charge is 0.322 e. The number of anilines is 1. The summed E-state index contributed by atoms with van der Waals surface area (Å²) >= 11 is 5.73. The van der Waals surface area contributed by atoms with Gasteiger partial charge in [0.15, 0.2) is 0 Å². The number of hydrogen-bond donors (Lipinski definition) is 1. The fourth-order valence-corrected chi connectivity index (χ4v) is 4.35. The summed E-state index contributed by atoms with van der Waals surface area (Å²) in [5.74, 6) is -2.20. The maximum atomic E-state index is 14.1. The summed E-state index contributed by atoms with van der Waals surface area (Å²) in [5.41, 5.74) is 1.51. The number of hydrogen-bond acceptors (Lipinski definition) is 5. The Balaban J connectivity index is 1.61. The van der Waals surface area contributed by atoms with Crippen LogP contribution in [0.3, 0.4) is 0 Å². The molecule has 2 aliphatic heterocycles. The lowest BCUT2D eigenvalue weighted by Gasteiger charge is -2.33. The number of rotatable bonds is 3. The van der Waals surface area contributed by atoms with Gasteiger partial charge in [0.25, 0.3) is 5.91 Å². The van der Waals surface area contributed by atoms with Crippen LogP contribution in [0.15, 0.2) is 12.1 Å². The normalized spacial score (nSPS) is 20.5. The van der Waals surface area contributed by atoms with Gasteiger partial charge in [0.05, 0.1) is 29.5 Å². The van der Waals surface area contributed by atoms with Gasteiger partial charge in [-0.1, -0.05) is 11.6 Å².